The topological polar surface area (TPSA) is 202 Å². The molecule has 1 saturated heterocycles. The highest BCUT2D eigenvalue weighted by molar-refractivity contribution is 5.89. The van der Waals surface area contributed by atoms with Crippen molar-refractivity contribution in [3.63, 3.8) is 0 Å². The Kier molecular flexibility index (Phi) is 9.58. The van der Waals surface area contributed by atoms with Crippen molar-refractivity contribution < 1.29 is 63.9 Å². The van der Waals surface area contributed by atoms with E-state index >= 15 is 0 Å². The van der Waals surface area contributed by atoms with Crippen molar-refractivity contribution in [1.82, 2.24) is 0 Å². The van der Waals surface area contributed by atoms with E-state index < -0.39 is 73.5 Å². The molecule has 1 aliphatic carbocycles. The Hall–Kier alpha value is -3.30. The van der Waals surface area contributed by atoms with E-state index in [2.05, 4.69) is 0 Å². The van der Waals surface area contributed by atoms with Crippen molar-refractivity contribution in [2.75, 3.05) is 19.8 Å². The number of fused-ring (bicyclic) bond motifs is 1. The first kappa shape index (κ1) is 29.7. The molecule has 3 aliphatic rings. The molecule has 13 nitrogen and oxygen atoms in total. The Labute approximate surface area is 229 Å². The highest BCUT2D eigenvalue weighted by Crippen LogP contribution is 2.45. The first-order chi connectivity index (χ1) is 19.1. The molecule has 0 radical (unpaired) electrons. The monoisotopic (exact) mass is 564 g/mol. The molecule has 0 amide bonds. The minimum Gasteiger partial charge on any atom is -0.508 e. The van der Waals surface area contributed by atoms with Gasteiger partial charge in [0.1, 0.15) is 36.8 Å². The summed E-state index contributed by atoms with van der Waals surface area (Å²) in [4.78, 5) is 25.0. The van der Waals surface area contributed by atoms with Crippen molar-refractivity contribution in [1.29, 1.82) is 0 Å². The molecule has 4 rings (SSSR count). The van der Waals surface area contributed by atoms with Crippen molar-refractivity contribution in [2.24, 2.45) is 11.8 Å². The number of ether oxygens (including phenoxy) is 5. The molecule has 0 aromatic heterocycles. The maximum atomic E-state index is 12.6. The average Bonchev–Trinajstić information content (AvgIpc) is 3.28. The number of hydrogen-bond acceptors (Lipinski definition) is 13. The summed E-state index contributed by atoms with van der Waals surface area (Å²) in [5.74, 6) is -3.21. The SMILES string of the molecule is CCOC(=O)C1=CO[C@@H](O[C@@H]2O[C@H](CO)[C@@H](O)[C@H](O)[C@H]2O)[C@@H]2C(COC(=O)C=Cc3ccc(O)cc3)=C[C@H](O)[C@H]12. The molecule has 0 spiro atoms. The van der Waals surface area contributed by atoms with Crippen LogP contribution in [0.3, 0.4) is 0 Å². The van der Waals surface area contributed by atoms with Crippen LogP contribution in [0.5, 0.6) is 5.75 Å². The highest BCUT2D eigenvalue weighted by Gasteiger charge is 2.52. The molecule has 0 saturated carbocycles. The van der Waals surface area contributed by atoms with Gasteiger partial charge in [-0.25, -0.2) is 9.59 Å². The van der Waals surface area contributed by atoms with Crippen molar-refractivity contribution in [2.45, 2.75) is 50.0 Å². The molecule has 1 fully saturated rings. The van der Waals surface area contributed by atoms with Gasteiger partial charge in [-0.1, -0.05) is 18.2 Å². The van der Waals surface area contributed by atoms with Crippen molar-refractivity contribution in [3.8, 4) is 5.75 Å². The lowest BCUT2D eigenvalue weighted by molar-refractivity contribution is -0.340. The summed E-state index contributed by atoms with van der Waals surface area (Å²) in [6, 6.07) is 6.12. The fraction of sp³-hybridized carbons (Fsp3) is 0.481. The molecule has 0 unspecified atom stereocenters. The summed E-state index contributed by atoms with van der Waals surface area (Å²) in [7, 11) is 0. The molecular formula is C27H32O13. The molecule has 2 aliphatic heterocycles. The Morgan fingerprint density at radius 3 is 2.38 bits per heavy atom. The maximum Gasteiger partial charge on any atom is 0.337 e. The summed E-state index contributed by atoms with van der Waals surface area (Å²) in [5.41, 5.74) is 0.995. The number of aromatic hydroxyl groups is 1. The van der Waals surface area contributed by atoms with Crippen LogP contribution in [0.2, 0.25) is 0 Å². The van der Waals surface area contributed by atoms with Crippen LogP contribution in [-0.4, -0.2) is 105 Å². The van der Waals surface area contributed by atoms with Gasteiger partial charge in [0.05, 0.1) is 37.1 Å². The summed E-state index contributed by atoms with van der Waals surface area (Å²) < 4.78 is 27.3. The quantitative estimate of drug-likeness (QED) is 0.123. The molecule has 0 bridgehead atoms. The third-order valence-corrected chi connectivity index (χ3v) is 6.86. The molecule has 9 atom stereocenters. The average molecular weight is 565 g/mol. The van der Waals surface area contributed by atoms with Crippen LogP contribution in [0.25, 0.3) is 6.08 Å². The van der Waals surface area contributed by atoms with Crippen LogP contribution in [0.1, 0.15) is 12.5 Å². The van der Waals surface area contributed by atoms with Gasteiger partial charge < -0.3 is 54.3 Å². The zero-order chi connectivity index (χ0) is 29.0. The number of aliphatic hydroxyl groups excluding tert-OH is 5. The number of carbonyl (C=O) groups excluding carboxylic acids is 2. The second-order valence-corrected chi connectivity index (χ2v) is 9.45. The van der Waals surface area contributed by atoms with E-state index in [1.165, 1.54) is 30.4 Å². The molecule has 1 aromatic carbocycles. The Bertz CT molecular complexity index is 1140. The van der Waals surface area contributed by atoms with Gasteiger partial charge in [-0.3, -0.25) is 0 Å². The van der Waals surface area contributed by atoms with E-state index in [1.807, 2.05) is 0 Å². The van der Waals surface area contributed by atoms with Gasteiger partial charge in [-0.2, -0.15) is 0 Å². The number of benzene rings is 1. The normalized spacial score (nSPS) is 33.5. The lowest BCUT2D eigenvalue weighted by Crippen LogP contribution is -2.60. The molecule has 40 heavy (non-hydrogen) atoms. The van der Waals surface area contributed by atoms with E-state index in [9.17, 15) is 40.2 Å². The van der Waals surface area contributed by atoms with E-state index in [4.69, 9.17) is 23.7 Å². The standard InChI is InChI=1S/C27H32O13/c1-2-36-25(35)16-12-38-26(40-27-24(34)23(33)22(32)18(10-28)39-27)20-14(9-17(30)21(16)20)11-37-19(31)8-5-13-3-6-15(29)7-4-13/h3-9,12,17-18,20-24,26-30,32-34H,2,10-11H2,1H3/t17-,18+,20+,21-,22+,23-,24+,26-,27-/m0/s1. The second kappa shape index (κ2) is 12.9. The lowest BCUT2D eigenvalue weighted by atomic mass is 9.82. The first-order valence-corrected chi connectivity index (χ1v) is 12.7. The van der Waals surface area contributed by atoms with Crippen LogP contribution in [0.15, 0.2) is 53.8 Å². The van der Waals surface area contributed by atoms with Crippen LogP contribution >= 0.6 is 0 Å². The summed E-state index contributed by atoms with van der Waals surface area (Å²) in [5, 5.41) is 60.3. The number of carbonyl (C=O) groups is 2. The molecular weight excluding hydrogens is 532 g/mol. The van der Waals surface area contributed by atoms with Gasteiger partial charge in [0.25, 0.3) is 0 Å². The fourth-order valence-corrected chi connectivity index (χ4v) is 4.83. The largest absolute Gasteiger partial charge is 0.508 e. The number of phenolic OH excluding ortho intramolecular Hbond substituents is 1. The molecule has 1 aromatic rings. The zero-order valence-corrected chi connectivity index (χ0v) is 21.5. The Morgan fingerprint density at radius 1 is 0.975 bits per heavy atom. The van der Waals surface area contributed by atoms with Gasteiger partial charge in [0.2, 0.25) is 6.29 Å². The minimum absolute atomic E-state index is 0.0119. The smallest absolute Gasteiger partial charge is 0.337 e. The minimum atomic E-state index is -1.73. The van der Waals surface area contributed by atoms with Crippen LogP contribution in [-0.2, 0) is 33.3 Å². The molecule has 218 valence electrons. The van der Waals surface area contributed by atoms with Crippen LogP contribution < -0.4 is 0 Å². The third kappa shape index (κ3) is 6.36. The van der Waals surface area contributed by atoms with Gasteiger partial charge >= 0.3 is 11.9 Å². The van der Waals surface area contributed by atoms with Gasteiger partial charge in [-0.15, -0.1) is 0 Å². The Balaban J connectivity index is 1.52. The summed E-state index contributed by atoms with van der Waals surface area (Å²) >= 11 is 0. The van der Waals surface area contributed by atoms with Gasteiger partial charge in [0.15, 0.2) is 6.29 Å². The highest BCUT2D eigenvalue weighted by atomic mass is 16.8. The van der Waals surface area contributed by atoms with Gasteiger partial charge in [0, 0.05) is 12.0 Å². The van der Waals surface area contributed by atoms with E-state index in [0.29, 0.717) is 11.1 Å². The van der Waals surface area contributed by atoms with Crippen LogP contribution in [0, 0.1) is 11.8 Å². The fourth-order valence-electron chi connectivity index (χ4n) is 4.83. The molecule has 6 N–H and O–H groups in total. The third-order valence-electron chi connectivity index (χ3n) is 6.86. The number of rotatable bonds is 9. The summed E-state index contributed by atoms with van der Waals surface area (Å²) in [6.45, 7) is 0.696. The maximum absolute atomic E-state index is 12.6. The second-order valence-electron chi connectivity index (χ2n) is 9.45. The molecule has 2 heterocycles. The van der Waals surface area contributed by atoms with Crippen LogP contribution in [0.4, 0.5) is 0 Å². The molecule has 13 heteroatoms. The predicted octanol–water partition coefficient (Wildman–Crippen LogP) is -0.898. The predicted molar refractivity (Wildman–Crippen MR) is 134 cm³/mol. The number of hydrogen-bond donors (Lipinski definition) is 6. The van der Waals surface area contributed by atoms with E-state index in [1.54, 1.807) is 19.1 Å². The van der Waals surface area contributed by atoms with E-state index in [-0.39, 0.29) is 24.5 Å². The zero-order valence-electron chi connectivity index (χ0n) is 21.5. The van der Waals surface area contributed by atoms with Gasteiger partial charge in [-0.05, 0) is 36.3 Å². The van der Waals surface area contributed by atoms with Crippen molar-refractivity contribution in [3.05, 3.63) is 59.4 Å². The number of aliphatic hydroxyl groups is 5. The number of esters is 2. The first-order valence-electron chi connectivity index (χ1n) is 12.7. The Morgan fingerprint density at radius 2 is 1.70 bits per heavy atom. The number of phenols is 1. The van der Waals surface area contributed by atoms with Crippen molar-refractivity contribution >= 4 is 18.0 Å². The summed E-state index contributed by atoms with van der Waals surface area (Å²) in [6.07, 6.45) is -5.22. The lowest BCUT2D eigenvalue weighted by Gasteiger charge is -2.43. The van der Waals surface area contributed by atoms with E-state index in [0.717, 1.165) is 6.26 Å².